The Morgan fingerprint density at radius 3 is 1.87 bits per heavy atom. The third kappa shape index (κ3) is 4.55. The molecule has 0 saturated carbocycles. The van der Waals surface area contributed by atoms with Gasteiger partial charge in [-0.05, 0) is 24.2 Å². The second-order valence-corrected chi connectivity index (χ2v) is 5.29. The van der Waals surface area contributed by atoms with Crippen molar-refractivity contribution in [3.63, 3.8) is 0 Å². The van der Waals surface area contributed by atoms with E-state index in [1.807, 2.05) is 0 Å². The summed E-state index contributed by atoms with van der Waals surface area (Å²) in [5, 5.41) is 3.63. The van der Waals surface area contributed by atoms with E-state index in [-0.39, 0.29) is 0 Å². The third-order valence-corrected chi connectivity index (χ3v) is 4.04. The second kappa shape index (κ2) is 7.27. The average Bonchev–Trinajstić information content (AvgIpc) is 2.20. The predicted molar refractivity (Wildman–Crippen MR) is 70.2 cm³/mol. The van der Waals surface area contributed by atoms with Crippen molar-refractivity contribution in [2.75, 3.05) is 6.54 Å². The lowest BCUT2D eigenvalue weighted by Crippen LogP contribution is -2.41. The van der Waals surface area contributed by atoms with Gasteiger partial charge in [-0.25, -0.2) is 0 Å². The molecule has 92 valence electrons. The zero-order chi connectivity index (χ0) is 11.9. The van der Waals surface area contributed by atoms with Crippen molar-refractivity contribution in [1.29, 1.82) is 0 Å². The molecule has 0 aliphatic rings. The molecule has 1 heteroatoms. The van der Waals surface area contributed by atoms with E-state index in [0.717, 1.165) is 5.92 Å². The molecule has 15 heavy (non-hydrogen) atoms. The van der Waals surface area contributed by atoms with Crippen molar-refractivity contribution >= 4 is 0 Å². The zero-order valence-electron chi connectivity index (χ0n) is 11.7. The molecular formula is C14H31N. The van der Waals surface area contributed by atoms with Crippen LogP contribution in [0.2, 0.25) is 0 Å². The van der Waals surface area contributed by atoms with E-state index in [9.17, 15) is 0 Å². The van der Waals surface area contributed by atoms with Crippen LogP contribution >= 0.6 is 0 Å². The maximum atomic E-state index is 3.63. The fraction of sp³-hybridized carbons (Fsp3) is 1.00. The first-order valence-corrected chi connectivity index (χ1v) is 6.75. The molecule has 1 N–H and O–H groups in total. The number of nitrogens with one attached hydrogen (secondary N) is 1. The van der Waals surface area contributed by atoms with Crippen molar-refractivity contribution < 1.29 is 0 Å². The lowest BCUT2D eigenvalue weighted by atomic mass is 9.70. The lowest BCUT2D eigenvalue weighted by molar-refractivity contribution is 0.138. The molecule has 0 spiro atoms. The molecule has 1 atom stereocenters. The first-order chi connectivity index (χ1) is 7.02. The molecule has 0 aliphatic carbocycles. The molecule has 0 radical (unpaired) electrons. The predicted octanol–water partition coefficient (Wildman–Crippen LogP) is 4.23. The topological polar surface area (TPSA) is 12.0 Å². The van der Waals surface area contributed by atoms with Crippen LogP contribution in [-0.2, 0) is 0 Å². The summed E-state index contributed by atoms with van der Waals surface area (Å²) in [5.41, 5.74) is 0.514. The lowest BCUT2D eigenvalue weighted by Gasteiger charge is -2.39. The zero-order valence-corrected chi connectivity index (χ0v) is 11.7. The van der Waals surface area contributed by atoms with Gasteiger partial charge in [0, 0.05) is 12.6 Å². The van der Waals surface area contributed by atoms with E-state index in [4.69, 9.17) is 0 Å². The van der Waals surface area contributed by atoms with E-state index in [1.165, 1.54) is 32.2 Å². The minimum absolute atomic E-state index is 0.514. The van der Waals surface area contributed by atoms with Gasteiger partial charge in [0.1, 0.15) is 0 Å². The summed E-state index contributed by atoms with van der Waals surface area (Å²) in [6, 6.07) is 0.608. The van der Waals surface area contributed by atoms with Crippen LogP contribution in [0, 0.1) is 11.3 Å². The summed E-state index contributed by atoms with van der Waals surface area (Å²) in [4.78, 5) is 0. The summed E-state index contributed by atoms with van der Waals surface area (Å²) in [6.07, 6.45) is 5.26. The summed E-state index contributed by atoms with van der Waals surface area (Å²) in [5.74, 6) is 0.837. The quantitative estimate of drug-likeness (QED) is 0.636. The molecule has 0 aromatic rings. The van der Waals surface area contributed by atoms with Gasteiger partial charge >= 0.3 is 0 Å². The highest BCUT2D eigenvalue weighted by Crippen LogP contribution is 2.37. The molecule has 0 saturated heterocycles. The molecule has 0 amide bonds. The molecule has 0 bridgehead atoms. The normalized spacial score (nSPS) is 14.6. The van der Waals surface area contributed by atoms with E-state index < -0.39 is 0 Å². The fourth-order valence-corrected chi connectivity index (χ4v) is 2.52. The Bertz CT molecular complexity index is 147. The molecular weight excluding hydrogens is 182 g/mol. The highest BCUT2D eigenvalue weighted by molar-refractivity contribution is 4.84. The Labute approximate surface area is 97.0 Å². The van der Waals surface area contributed by atoms with Gasteiger partial charge in [0.15, 0.2) is 0 Å². The Kier molecular flexibility index (Phi) is 7.25. The first-order valence-electron chi connectivity index (χ1n) is 6.75. The van der Waals surface area contributed by atoms with Crippen LogP contribution in [-0.4, -0.2) is 12.6 Å². The largest absolute Gasteiger partial charge is 0.314 e. The van der Waals surface area contributed by atoms with Crippen molar-refractivity contribution in [1.82, 2.24) is 5.32 Å². The SMILES string of the molecule is CCCC(C)C(CC)(CC)CNC(C)C. The van der Waals surface area contributed by atoms with Crippen LogP contribution in [0.25, 0.3) is 0 Å². The second-order valence-electron chi connectivity index (χ2n) is 5.29. The summed E-state index contributed by atoms with van der Waals surface area (Å²) in [7, 11) is 0. The highest BCUT2D eigenvalue weighted by atomic mass is 14.9. The molecule has 0 aromatic carbocycles. The summed E-state index contributed by atoms with van der Waals surface area (Å²) >= 11 is 0. The molecule has 0 heterocycles. The van der Waals surface area contributed by atoms with Crippen molar-refractivity contribution in [3.8, 4) is 0 Å². The highest BCUT2D eigenvalue weighted by Gasteiger charge is 2.31. The maximum Gasteiger partial charge on any atom is 0.00125 e. The minimum Gasteiger partial charge on any atom is -0.314 e. The average molecular weight is 213 g/mol. The summed E-state index contributed by atoms with van der Waals surface area (Å²) in [6.45, 7) is 15.1. The van der Waals surface area contributed by atoms with Gasteiger partial charge in [-0.15, -0.1) is 0 Å². The molecule has 0 rings (SSSR count). The van der Waals surface area contributed by atoms with E-state index in [2.05, 4.69) is 46.9 Å². The molecule has 1 nitrogen and oxygen atoms in total. The third-order valence-electron chi connectivity index (χ3n) is 4.04. The van der Waals surface area contributed by atoms with Gasteiger partial charge in [0.05, 0.1) is 0 Å². The van der Waals surface area contributed by atoms with Crippen LogP contribution in [0.15, 0.2) is 0 Å². The Morgan fingerprint density at radius 1 is 1.00 bits per heavy atom. The molecule has 0 fully saturated rings. The van der Waals surface area contributed by atoms with Crippen LogP contribution in [0.5, 0.6) is 0 Å². The summed E-state index contributed by atoms with van der Waals surface area (Å²) < 4.78 is 0. The monoisotopic (exact) mass is 213 g/mol. The van der Waals surface area contributed by atoms with E-state index in [0.29, 0.717) is 11.5 Å². The molecule has 0 aromatic heterocycles. The van der Waals surface area contributed by atoms with E-state index >= 15 is 0 Å². The van der Waals surface area contributed by atoms with Gasteiger partial charge < -0.3 is 5.32 Å². The fourth-order valence-electron chi connectivity index (χ4n) is 2.52. The van der Waals surface area contributed by atoms with Crippen molar-refractivity contribution in [2.24, 2.45) is 11.3 Å². The smallest absolute Gasteiger partial charge is 0.00125 e. The first kappa shape index (κ1) is 15.0. The van der Waals surface area contributed by atoms with Gasteiger partial charge in [-0.2, -0.15) is 0 Å². The van der Waals surface area contributed by atoms with Crippen LogP contribution in [0.4, 0.5) is 0 Å². The van der Waals surface area contributed by atoms with Gasteiger partial charge in [0.25, 0.3) is 0 Å². The maximum absolute atomic E-state index is 3.63. The Morgan fingerprint density at radius 2 is 1.53 bits per heavy atom. The number of hydrogen-bond acceptors (Lipinski definition) is 1. The number of rotatable bonds is 8. The molecule has 1 unspecified atom stereocenters. The number of hydrogen-bond donors (Lipinski definition) is 1. The van der Waals surface area contributed by atoms with Gasteiger partial charge in [-0.1, -0.05) is 54.4 Å². The molecule has 0 aliphatic heterocycles. The Hall–Kier alpha value is -0.0400. The minimum atomic E-state index is 0.514. The van der Waals surface area contributed by atoms with Crippen LogP contribution < -0.4 is 5.32 Å². The van der Waals surface area contributed by atoms with Crippen molar-refractivity contribution in [3.05, 3.63) is 0 Å². The van der Waals surface area contributed by atoms with Gasteiger partial charge in [0.2, 0.25) is 0 Å². The van der Waals surface area contributed by atoms with Crippen LogP contribution in [0.1, 0.15) is 67.2 Å². The van der Waals surface area contributed by atoms with E-state index in [1.54, 1.807) is 0 Å². The van der Waals surface area contributed by atoms with Gasteiger partial charge in [-0.3, -0.25) is 0 Å². The standard InChI is InChI=1S/C14H31N/c1-7-10-13(6)14(8-2,9-3)11-15-12(4)5/h12-13,15H,7-11H2,1-6H3. The van der Waals surface area contributed by atoms with Crippen molar-refractivity contribution in [2.45, 2.75) is 73.3 Å². The van der Waals surface area contributed by atoms with Crippen LogP contribution in [0.3, 0.4) is 0 Å². The Balaban J connectivity index is 4.41.